The quantitative estimate of drug-likeness (QED) is 0.407. The number of aryl methyl sites for hydroxylation is 1. The average Bonchev–Trinajstić information content (AvgIpc) is 3.61. The summed E-state index contributed by atoms with van der Waals surface area (Å²) >= 11 is 0. The van der Waals surface area contributed by atoms with Crippen molar-refractivity contribution in [3.63, 3.8) is 0 Å². The van der Waals surface area contributed by atoms with Gasteiger partial charge in [-0.3, -0.25) is 9.69 Å². The summed E-state index contributed by atoms with van der Waals surface area (Å²) < 4.78 is 31.8. The molecule has 3 atom stereocenters. The zero-order chi connectivity index (χ0) is 26.5. The van der Waals surface area contributed by atoms with Gasteiger partial charge in [0.1, 0.15) is 23.4 Å². The third-order valence-electron chi connectivity index (χ3n) is 7.83. The number of likely N-dealkylation sites (tertiary alicyclic amines) is 1. The van der Waals surface area contributed by atoms with Crippen molar-refractivity contribution in [3.8, 4) is 5.75 Å². The molecular weight excluding hydrogens is 489 g/mol. The molecule has 0 radical (unpaired) electrons. The second-order valence-corrected chi connectivity index (χ2v) is 10.4. The van der Waals surface area contributed by atoms with E-state index in [0.29, 0.717) is 31.9 Å². The topological polar surface area (TPSA) is 93.2 Å². The number of unbranched alkanes of at least 4 members (excludes halogenated alkanes) is 1. The minimum Gasteiger partial charge on any atom is -0.496 e. The van der Waals surface area contributed by atoms with Crippen molar-refractivity contribution < 1.29 is 28.5 Å². The van der Waals surface area contributed by atoms with E-state index in [2.05, 4.69) is 5.32 Å². The Morgan fingerprint density at radius 2 is 2.18 bits per heavy atom. The summed E-state index contributed by atoms with van der Waals surface area (Å²) in [5.74, 6) is 0.454. The highest BCUT2D eigenvalue weighted by atomic mass is 19.1. The predicted octanol–water partition coefficient (Wildman–Crippen LogP) is 4.68. The van der Waals surface area contributed by atoms with Crippen molar-refractivity contribution in [1.82, 2.24) is 9.88 Å². The van der Waals surface area contributed by atoms with Gasteiger partial charge in [0.15, 0.2) is 0 Å². The van der Waals surface area contributed by atoms with Crippen molar-refractivity contribution in [1.29, 1.82) is 0 Å². The van der Waals surface area contributed by atoms with Crippen molar-refractivity contribution in [3.05, 3.63) is 52.5 Å². The zero-order valence-corrected chi connectivity index (χ0v) is 22.1. The number of methoxy groups -OCH3 is 1. The van der Waals surface area contributed by atoms with E-state index >= 15 is 0 Å². The van der Waals surface area contributed by atoms with Gasteiger partial charge in [-0.1, -0.05) is 6.07 Å². The highest BCUT2D eigenvalue weighted by molar-refractivity contribution is 5.76. The van der Waals surface area contributed by atoms with Crippen LogP contribution in [0.2, 0.25) is 0 Å². The number of anilines is 1. The van der Waals surface area contributed by atoms with Crippen LogP contribution in [0, 0.1) is 5.82 Å². The molecule has 4 heterocycles. The molecule has 1 aromatic carbocycles. The number of aliphatic carboxylic acids is 1. The fourth-order valence-corrected chi connectivity index (χ4v) is 5.94. The van der Waals surface area contributed by atoms with Crippen molar-refractivity contribution in [2.24, 2.45) is 0 Å². The van der Waals surface area contributed by atoms with Crippen LogP contribution in [-0.2, 0) is 27.1 Å². The van der Waals surface area contributed by atoms with Crippen LogP contribution in [-0.4, -0.2) is 67.0 Å². The zero-order valence-electron chi connectivity index (χ0n) is 22.1. The number of carbonyl (C=O) groups is 1. The molecule has 2 N–H and O–H groups in total. The molecule has 5 rings (SSSR count). The van der Waals surface area contributed by atoms with Crippen LogP contribution >= 0.6 is 0 Å². The molecule has 2 saturated heterocycles. The van der Waals surface area contributed by atoms with E-state index in [9.17, 15) is 14.3 Å². The van der Waals surface area contributed by atoms with Gasteiger partial charge in [-0.15, -0.1) is 0 Å². The Kier molecular flexibility index (Phi) is 8.76. The number of nitrogens with one attached hydrogen (secondary N) is 1. The second-order valence-electron chi connectivity index (χ2n) is 10.4. The molecule has 0 saturated carbocycles. The Morgan fingerprint density at radius 1 is 1.29 bits per heavy atom. The molecule has 3 aliphatic heterocycles. The summed E-state index contributed by atoms with van der Waals surface area (Å²) in [6, 6.07) is 5.57. The highest BCUT2D eigenvalue weighted by Gasteiger charge is 2.37. The minimum atomic E-state index is -0.974. The highest BCUT2D eigenvalue weighted by Crippen LogP contribution is 2.37. The Labute approximate surface area is 223 Å². The summed E-state index contributed by atoms with van der Waals surface area (Å²) in [6.45, 7) is 3.29. The van der Waals surface area contributed by atoms with Gasteiger partial charge in [-0.2, -0.15) is 0 Å². The molecule has 3 aliphatic rings. The maximum atomic E-state index is 14.2. The van der Waals surface area contributed by atoms with E-state index in [4.69, 9.17) is 19.2 Å². The van der Waals surface area contributed by atoms with Crippen LogP contribution in [0.25, 0.3) is 0 Å². The largest absolute Gasteiger partial charge is 0.496 e. The van der Waals surface area contributed by atoms with Crippen LogP contribution in [0.5, 0.6) is 5.75 Å². The number of nitrogens with zero attached hydrogens (tertiary/aromatic N) is 2. The monoisotopic (exact) mass is 527 g/mol. The molecule has 9 heteroatoms. The molecule has 206 valence electrons. The van der Waals surface area contributed by atoms with Gasteiger partial charge in [0, 0.05) is 50.2 Å². The van der Waals surface area contributed by atoms with Crippen LogP contribution < -0.4 is 10.1 Å². The second kappa shape index (κ2) is 12.4. The molecular formula is C29H38FN3O5. The van der Waals surface area contributed by atoms with Gasteiger partial charge in [0.25, 0.3) is 0 Å². The molecule has 1 aromatic heterocycles. The number of rotatable bonds is 11. The van der Waals surface area contributed by atoms with Crippen molar-refractivity contribution in [2.45, 2.75) is 69.6 Å². The van der Waals surface area contributed by atoms with Gasteiger partial charge in [-0.05, 0) is 74.6 Å². The SMILES string of the molecule is COc1cc(CCCCO[C@@H]2CCN([C@H](C(=O)O)c3cc(F)ccc3[C@@H]3CCCO3)C2)nc2c1CCCN2. The smallest absolute Gasteiger partial charge is 0.325 e. The van der Waals surface area contributed by atoms with E-state index in [0.717, 1.165) is 86.3 Å². The Morgan fingerprint density at radius 3 is 2.97 bits per heavy atom. The molecule has 8 nitrogen and oxygen atoms in total. The van der Waals surface area contributed by atoms with Gasteiger partial charge in [0.05, 0.1) is 19.3 Å². The van der Waals surface area contributed by atoms with Crippen LogP contribution in [0.1, 0.15) is 73.1 Å². The molecule has 0 spiro atoms. The molecule has 0 aliphatic carbocycles. The van der Waals surface area contributed by atoms with E-state index in [1.165, 1.54) is 12.1 Å². The molecule has 0 unspecified atom stereocenters. The van der Waals surface area contributed by atoms with Crippen molar-refractivity contribution in [2.75, 3.05) is 45.3 Å². The van der Waals surface area contributed by atoms with E-state index in [1.807, 2.05) is 11.0 Å². The van der Waals surface area contributed by atoms with Crippen molar-refractivity contribution >= 4 is 11.8 Å². The number of hydrogen-bond donors (Lipinski definition) is 2. The maximum Gasteiger partial charge on any atom is 0.325 e. The number of hydrogen-bond acceptors (Lipinski definition) is 7. The summed E-state index contributed by atoms with van der Waals surface area (Å²) in [5, 5.41) is 13.5. The Bertz CT molecular complexity index is 1110. The number of carboxylic acid groups (broad SMARTS) is 1. The lowest BCUT2D eigenvalue weighted by Crippen LogP contribution is -2.34. The lowest BCUT2D eigenvalue weighted by molar-refractivity contribution is -0.143. The molecule has 2 fully saturated rings. The molecule has 38 heavy (non-hydrogen) atoms. The van der Waals surface area contributed by atoms with Crippen LogP contribution in [0.15, 0.2) is 24.3 Å². The summed E-state index contributed by atoms with van der Waals surface area (Å²) in [4.78, 5) is 19.1. The van der Waals surface area contributed by atoms with Gasteiger partial charge in [-0.25, -0.2) is 9.37 Å². The first-order chi connectivity index (χ1) is 18.5. The number of aromatic nitrogens is 1. The van der Waals surface area contributed by atoms with E-state index in [-0.39, 0.29) is 12.2 Å². The number of ether oxygens (including phenoxy) is 3. The van der Waals surface area contributed by atoms with Gasteiger partial charge in [0.2, 0.25) is 0 Å². The minimum absolute atomic E-state index is 0.0391. The number of fused-ring (bicyclic) bond motifs is 1. The third kappa shape index (κ3) is 6.11. The Balaban J connectivity index is 1.13. The summed E-state index contributed by atoms with van der Waals surface area (Å²) in [6.07, 6.45) is 7.03. The lowest BCUT2D eigenvalue weighted by Gasteiger charge is -2.28. The fraction of sp³-hybridized carbons (Fsp3) is 0.586. The first-order valence-electron chi connectivity index (χ1n) is 13.8. The standard InChI is InChI=1S/C29H38FN3O5/c1-36-26-17-20(32-28-23(26)7-4-12-31-28)6-2-3-14-37-21-11-13-33(18-21)27(29(34)35)24-16-19(30)9-10-22(24)25-8-5-15-38-25/h9-10,16-17,21,25,27H,2-8,11-15,18H2,1H3,(H,31,32)(H,34,35)/t21-,25+,27+/m1/s1. The Hall–Kier alpha value is -2.75. The van der Waals surface area contributed by atoms with Gasteiger partial charge < -0.3 is 24.6 Å². The molecule has 2 aromatic rings. The third-order valence-corrected chi connectivity index (χ3v) is 7.83. The molecule has 0 amide bonds. The lowest BCUT2D eigenvalue weighted by atomic mass is 9.94. The first kappa shape index (κ1) is 26.8. The van der Waals surface area contributed by atoms with E-state index in [1.54, 1.807) is 13.2 Å². The normalized spacial score (nSPS) is 22.2. The number of pyridine rings is 1. The number of halogens is 1. The predicted molar refractivity (Wildman–Crippen MR) is 141 cm³/mol. The maximum absolute atomic E-state index is 14.2. The number of carboxylic acids is 1. The summed E-state index contributed by atoms with van der Waals surface area (Å²) in [5.41, 5.74) is 3.46. The van der Waals surface area contributed by atoms with Crippen LogP contribution in [0.4, 0.5) is 10.2 Å². The van der Waals surface area contributed by atoms with Gasteiger partial charge >= 0.3 is 5.97 Å². The fourth-order valence-electron chi connectivity index (χ4n) is 5.94. The average molecular weight is 528 g/mol. The first-order valence-corrected chi connectivity index (χ1v) is 13.8. The summed E-state index contributed by atoms with van der Waals surface area (Å²) in [7, 11) is 1.71. The number of benzene rings is 1. The van der Waals surface area contributed by atoms with Crippen LogP contribution in [0.3, 0.4) is 0 Å². The van der Waals surface area contributed by atoms with E-state index < -0.39 is 17.8 Å². The molecule has 0 bridgehead atoms.